The van der Waals surface area contributed by atoms with E-state index in [9.17, 15) is 4.39 Å². The summed E-state index contributed by atoms with van der Waals surface area (Å²) < 4.78 is 18.3. The topological polar surface area (TPSA) is 25.2 Å². The van der Waals surface area contributed by atoms with Crippen LogP contribution in [0.5, 0.6) is 0 Å². The van der Waals surface area contributed by atoms with Crippen LogP contribution in [0.25, 0.3) is 0 Å². The minimum atomic E-state index is -0.162. The zero-order chi connectivity index (χ0) is 11.4. The molecule has 1 heterocycles. The zero-order valence-corrected chi connectivity index (χ0v) is 9.16. The van der Waals surface area contributed by atoms with Crippen molar-refractivity contribution in [3.05, 3.63) is 59.3 Å². The predicted molar refractivity (Wildman–Crippen MR) is 60.4 cm³/mol. The molecule has 0 saturated heterocycles. The fourth-order valence-corrected chi connectivity index (χ4v) is 1.57. The molecular weight excluding hydrogens is 205 g/mol. The van der Waals surface area contributed by atoms with Crippen LogP contribution in [0.4, 0.5) is 4.39 Å². The van der Waals surface area contributed by atoms with Gasteiger partial charge in [0.25, 0.3) is 0 Å². The molecule has 2 rings (SSSR count). The molecule has 0 unspecified atom stereocenters. The number of hydrogen-bond donors (Lipinski definition) is 1. The number of rotatable bonds is 4. The largest absolute Gasteiger partial charge is 0.472 e. The van der Waals surface area contributed by atoms with Crippen molar-refractivity contribution < 1.29 is 8.81 Å². The van der Waals surface area contributed by atoms with E-state index >= 15 is 0 Å². The van der Waals surface area contributed by atoms with Crippen LogP contribution < -0.4 is 5.32 Å². The van der Waals surface area contributed by atoms with Crippen LogP contribution in [-0.2, 0) is 13.1 Å². The number of nitrogens with one attached hydrogen (secondary N) is 1. The summed E-state index contributed by atoms with van der Waals surface area (Å²) in [5.41, 5.74) is 2.83. The molecule has 2 aromatic rings. The van der Waals surface area contributed by atoms with Gasteiger partial charge in [-0.05, 0) is 19.1 Å². The lowest BCUT2D eigenvalue weighted by Gasteiger charge is -2.05. The summed E-state index contributed by atoms with van der Waals surface area (Å²) in [5, 5.41) is 3.17. The summed E-state index contributed by atoms with van der Waals surface area (Å²) in [6, 6.07) is 7.02. The van der Waals surface area contributed by atoms with Crippen LogP contribution in [0.1, 0.15) is 16.7 Å². The van der Waals surface area contributed by atoms with E-state index in [0.717, 1.165) is 11.1 Å². The Morgan fingerprint density at radius 2 is 2.12 bits per heavy atom. The lowest BCUT2D eigenvalue weighted by Crippen LogP contribution is -2.13. The van der Waals surface area contributed by atoms with Gasteiger partial charge in [-0.1, -0.05) is 17.7 Å². The Hall–Kier alpha value is -1.61. The molecule has 0 bridgehead atoms. The van der Waals surface area contributed by atoms with Crippen molar-refractivity contribution in [3.63, 3.8) is 0 Å². The van der Waals surface area contributed by atoms with Crippen molar-refractivity contribution in [2.45, 2.75) is 20.0 Å². The Bertz CT molecular complexity index is 451. The molecule has 3 heteroatoms. The monoisotopic (exact) mass is 219 g/mol. The second-order valence-electron chi connectivity index (χ2n) is 3.83. The molecule has 0 aliphatic heterocycles. The number of halogens is 1. The molecule has 1 aromatic carbocycles. The van der Waals surface area contributed by atoms with Crippen LogP contribution in [0.15, 0.2) is 41.2 Å². The van der Waals surface area contributed by atoms with Crippen molar-refractivity contribution in [2.24, 2.45) is 0 Å². The van der Waals surface area contributed by atoms with Gasteiger partial charge in [0.2, 0.25) is 0 Å². The van der Waals surface area contributed by atoms with Gasteiger partial charge < -0.3 is 9.73 Å². The summed E-state index contributed by atoms with van der Waals surface area (Å²) in [4.78, 5) is 0. The molecule has 0 atom stereocenters. The first-order valence-corrected chi connectivity index (χ1v) is 5.22. The van der Waals surface area contributed by atoms with Gasteiger partial charge >= 0.3 is 0 Å². The molecule has 1 aromatic heterocycles. The fraction of sp³-hybridized carbons (Fsp3) is 0.231. The van der Waals surface area contributed by atoms with Crippen molar-refractivity contribution >= 4 is 0 Å². The highest BCUT2D eigenvalue weighted by Gasteiger charge is 2.01. The molecule has 84 valence electrons. The third kappa shape index (κ3) is 2.70. The molecule has 2 nitrogen and oxygen atoms in total. The minimum Gasteiger partial charge on any atom is -0.472 e. The average Bonchev–Trinajstić information content (AvgIpc) is 2.76. The number of benzene rings is 1. The second kappa shape index (κ2) is 4.94. The van der Waals surface area contributed by atoms with E-state index in [-0.39, 0.29) is 5.82 Å². The van der Waals surface area contributed by atoms with Gasteiger partial charge in [-0.25, -0.2) is 4.39 Å². The van der Waals surface area contributed by atoms with E-state index in [1.165, 1.54) is 6.07 Å². The van der Waals surface area contributed by atoms with E-state index in [4.69, 9.17) is 4.42 Å². The van der Waals surface area contributed by atoms with E-state index < -0.39 is 0 Å². The Morgan fingerprint density at radius 3 is 2.88 bits per heavy atom. The second-order valence-corrected chi connectivity index (χ2v) is 3.83. The van der Waals surface area contributed by atoms with Crippen molar-refractivity contribution in [1.29, 1.82) is 0 Å². The molecule has 0 amide bonds. The molecule has 0 spiro atoms. The summed E-state index contributed by atoms with van der Waals surface area (Å²) >= 11 is 0. The number of hydrogen-bond acceptors (Lipinski definition) is 2. The van der Waals surface area contributed by atoms with Crippen LogP contribution >= 0.6 is 0 Å². The molecule has 0 saturated carbocycles. The first kappa shape index (κ1) is 10.9. The maximum atomic E-state index is 13.4. The first-order valence-electron chi connectivity index (χ1n) is 5.22. The Morgan fingerprint density at radius 1 is 1.25 bits per heavy atom. The lowest BCUT2D eigenvalue weighted by atomic mass is 10.1. The highest BCUT2D eigenvalue weighted by Crippen LogP contribution is 2.10. The predicted octanol–water partition coefficient (Wildman–Crippen LogP) is 3.02. The Balaban J connectivity index is 1.92. The zero-order valence-electron chi connectivity index (χ0n) is 9.16. The van der Waals surface area contributed by atoms with Crippen molar-refractivity contribution in [3.8, 4) is 0 Å². The number of aryl methyl sites for hydroxylation is 1. The molecule has 0 radical (unpaired) electrons. The SMILES string of the molecule is Cc1ccc(F)c(CNCc2ccoc2)c1. The van der Waals surface area contributed by atoms with Gasteiger partial charge in [0.15, 0.2) is 0 Å². The summed E-state index contributed by atoms with van der Waals surface area (Å²) in [6.07, 6.45) is 3.31. The van der Waals surface area contributed by atoms with Crippen LogP contribution in [0.3, 0.4) is 0 Å². The van der Waals surface area contributed by atoms with Gasteiger partial charge in [-0.15, -0.1) is 0 Å². The van der Waals surface area contributed by atoms with Gasteiger partial charge in [0.1, 0.15) is 5.82 Å². The van der Waals surface area contributed by atoms with Gasteiger partial charge in [-0.3, -0.25) is 0 Å². The third-order valence-corrected chi connectivity index (χ3v) is 2.43. The smallest absolute Gasteiger partial charge is 0.127 e. The molecule has 0 aliphatic carbocycles. The highest BCUT2D eigenvalue weighted by atomic mass is 19.1. The standard InChI is InChI=1S/C13H14FNO/c1-10-2-3-13(14)12(6-10)8-15-7-11-4-5-16-9-11/h2-6,9,15H,7-8H2,1H3. The van der Waals surface area contributed by atoms with E-state index in [0.29, 0.717) is 18.7 Å². The van der Waals surface area contributed by atoms with Crippen molar-refractivity contribution in [1.82, 2.24) is 5.32 Å². The maximum Gasteiger partial charge on any atom is 0.127 e. The first-order chi connectivity index (χ1) is 7.75. The Kier molecular flexibility index (Phi) is 3.37. The third-order valence-electron chi connectivity index (χ3n) is 2.43. The normalized spacial score (nSPS) is 10.6. The summed E-state index contributed by atoms with van der Waals surface area (Å²) in [7, 11) is 0. The quantitative estimate of drug-likeness (QED) is 0.855. The maximum absolute atomic E-state index is 13.4. The molecule has 0 aliphatic rings. The minimum absolute atomic E-state index is 0.162. The molecule has 1 N–H and O–H groups in total. The lowest BCUT2D eigenvalue weighted by molar-refractivity contribution is 0.557. The van der Waals surface area contributed by atoms with E-state index in [2.05, 4.69) is 5.32 Å². The molecule has 0 fully saturated rings. The summed E-state index contributed by atoms with van der Waals surface area (Å²) in [5.74, 6) is -0.162. The molecule has 16 heavy (non-hydrogen) atoms. The van der Waals surface area contributed by atoms with Gasteiger partial charge in [-0.2, -0.15) is 0 Å². The number of furan rings is 1. The summed E-state index contributed by atoms with van der Waals surface area (Å²) in [6.45, 7) is 3.17. The van der Waals surface area contributed by atoms with Crippen molar-refractivity contribution in [2.75, 3.05) is 0 Å². The average molecular weight is 219 g/mol. The van der Waals surface area contributed by atoms with Crippen LogP contribution in [-0.4, -0.2) is 0 Å². The Labute approximate surface area is 94.1 Å². The van der Waals surface area contributed by atoms with E-state index in [1.54, 1.807) is 18.6 Å². The highest BCUT2D eigenvalue weighted by molar-refractivity contribution is 5.24. The van der Waals surface area contributed by atoms with Crippen LogP contribution in [0, 0.1) is 12.7 Å². The van der Waals surface area contributed by atoms with Crippen LogP contribution in [0.2, 0.25) is 0 Å². The van der Waals surface area contributed by atoms with Gasteiger partial charge in [0, 0.05) is 24.2 Å². The molecular formula is C13H14FNO. The van der Waals surface area contributed by atoms with E-state index in [1.807, 2.05) is 19.1 Å². The van der Waals surface area contributed by atoms with Gasteiger partial charge in [0.05, 0.1) is 12.5 Å². The fourth-order valence-electron chi connectivity index (χ4n) is 1.57.